The molecule has 1 aromatic heterocycles. The van der Waals surface area contributed by atoms with Crippen LogP contribution in [0.25, 0.3) is 0 Å². The highest BCUT2D eigenvalue weighted by atomic mass is 16.2. The molecule has 2 heterocycles. The minimum absolute atomic E-state index is 0.103. The number of carbonyl (C=O) groups is 1. The second-order valence-corrected chi connectivity index (χ2v) is 6.20. The van der Waals surface area contributed by atoms with Crippen LogP contribution in [0.3, 0.4) is 0 Å². The molecule has 0 aliphatic carbocycles. The van der Waals surface area contributed by atoms with Gasteiger partial charge in [0, 0.05) is 13.1 Å². The summed E-state index contributed by atoms with van der Waals surface area (Å²) in [6.07, 6.45) is 3.99. The lowest BCUT2D eigenvalue weighted by Crippen LogP contribution is -2.40. The zero-order chi connectivity index (χ0) is 15.7. The first-order chi connectivity index (χ1) is 10.6. The topological polar surface area (TPSA) is 51.0 Å². The van der Waals surface area contributed by atoms with Crippen molar-refractivity contribution < 1.29 is 4.79 Å². The fraction of sp³-hybridized carbons (Fsp3) is 0.471. The standard InChI is InChI=1S/C17H22N4O/c1-12(2)15-6-4-5-14-9-20(8-7-16(14)15)17(22)13(3)21-11-18-10-19-21/h4-6,10-13H,7-9H2,1-3H3/t13-/m0/s1. The Morgan fingerprint density at radius 1 is 1.27 bits per heavy atom. The summed E-state index contributed by atoms with van der Waals surface area (Å²) in [5.41, 5.74) is 4.11. The maximum Gasteiger partial charge on any atom is 0.247 e. The molecule has 0 N–H and O–H groups in total. The zero-order valence-electron chi connectivity index (χ0n) is 13.4. The highest BCUT2D eigenvalue weighted by Gasteiger charge is 2.27. The molecule has 1 aliphatic heterocycles. The van der Waals surface area contributed by atoms with Crippen molar-refractivity contribution >= 4 is 5.91 Å². The molecule has 5 nitrogen and oxygen atoms in total. The van der Waals surface area contributed by atoms with Gasteiger partial charge in [0.05, 0.1) is 0 Å². The Bertz CT molecular complexity index is 663. The van der Waals surface area contributed by atoms with Crippen molar-refractivity contribution in [2.75, 3.05) is 6.54 Å². The molecule has 1 aromatic carbocycles. The first-order valence-corrected chi connectivity index (χ1v) is 7.81. The summed E-state index contributed by atoms with van der Waals surface area (Å²) in [7, 11) is 0. The van der Waals surface area contributed by atoms with Crippen molar-refractivity contribution in [3.63, 3.8) is 0 Å². The number of aromatic nitrogens is 3. The van der Waals surface area contributed by atoms with Gasteiger partial charge in [-0.2, -0.15) is 5.10 Å². The predicted molar refractivity (Wildman–Crippen MR) is 84.4 cm³/mol. The molecular weight excluding hydrogens is 276 g/mol. The van der Waals surface area contributed by atoms with E-state index in [9.17, 15) is 4.79 Å². The SMILES string of the molecule is CC(C)c1cccc2c1CCN(C(=O)[C@H](C)n1cncn1)C2. The third kappa shape index (κ3) is 2.63. The van der Waals surface area contributed by atoms with Crippen molar-refractivity contribution in [2.45, 2.75) is 45.7 Å². The molecule has 0 spiro atoms. The second kappa shape index (κ2) is 5.91. The van der Waals surface area contributed by atoms with Crippen LogP contribution in [-0.4, -0.2) is 32.1 Å². The molecule has 0 saturated carbocycles. The molecule has 0 unspecified atom stereocenters. The molecule has 116 valence electrons. The van der Waals surface area contributed by atoms with Crippen LogP contribution < -0.4 is 0 Å². The quantitative estimate of drug-likeness (QED) is 0.875. The van der Waals surface area contributed by atoms with E-state index >= 15 is 0 Å². The lowest BCUT2D eigenvalue weighted by Gasteiger charge is -2.32. The van der Waals surface area contributed by atoms with Gasteiger partial charge >= 0.3 is 0 Å². The molecule has 0 radical (unpaired) electrons. The van der Waals surface area contributed by atoms with Crippen molar-refractivity contribution in [3.05, 3.63) is 47.5 Å². The molecule has 1 amide bonds. The molecule has 1 atom stereocenters. The normalized spacial score (nSPS) is 15.7. The van der Waals surface area contributed by atoms with E-state index in [-0.39, 0.29) is 11.9 Å². The lowest BCUT2D eigenvalue weighted by molar-refractivity contribution is -0.135. The Morgan fingerprint density at radius 3 is 2.77 bits per heavy atom. The number of benzene rings is 1. The molecule has 5 heteroatoms. The number of hydrogen-bond donors (Lipinski definition) is 0. The third-order valence-corrected chi connectivity index (χ3v) is 4.43. The third-order valence-electron chi connectivity index (χ3n) is 4.43. The molecule has 0 fully saturated rings. The van der Waals surface area contributed by atoms with Crippen LogP contribution in [0, 0.1) is 0 Å². The van der Waals surface area contributed by atoms with Gasteiger partial charge in [-0.3, -0.25) is 4.79 Å². The highest BCUT2D eigenvalue weighted by molar-refractivity contribution is 5.80. The number of fused-ring (bicyclic) bond motifs is 1. The fourth-order valence-corrected chi connectivity index (χ4v) is 3.16. The lowest BCUT2D eigenvalue weighted by atomic mass is 9.89. The van der Waals surface area contributed by atoms with Crippen LogP contribution in [0.2, 0.25) is 0 Å². The van der Waals surface area contributed by atoms with Crippen LogP contribution in [0.1, 0.15) is 49.4 Å². The fourth-order valence-electron chi connectivity index (χ4n) is 3.16. The number of rotatable bonds is 3. The van der Waals surface area contributed by atoms with Crippen LogP contribution in [0.4, 0.5) is 0 Å². The van der Waals surface area contributed by atoms with E-state index < -0.39 is 0 Å². The summed E-state index contributed by atoms with van der Waals surface area (Å²) >= 11 is 0. The van der Waals surface area contributed by atoms with Crippen molar-refractivity contribution in [2.24, 2.45) is 0 Å². The Morgan fingerprint density at radius 2 is 2.09 bits per heavy atom. The molecule has 1 aliphatic rings. The van der Waals surface area contributed by atoms with E-state index in [1.165, 1.54) is 23.0 Å². The predicted octanol–water partition coefficient (Wildman–Crippen LogP) is 2.55. The van der Waals surface area contributed by atoms with Gasteiger partial charge < -0.3 is 4.90 Å². The van der Waals surface area contributed by atoms with Crippen molar-refractivity contribution in [1.29, 1.82) is 0 Å². The molecule has 22 heavy (non-hydrogen) atoms. The number of amides is 1. The summed E-state index contributed by atoms with van der Waals surface area (Å²) in [6, 6.07) is 6.14. The van der Waals surface area contributed by atoms with E-state index in [0.717, 1.165) is 13.0 Å². The van der Waals surface area contributed by atoms with Gasteiger partial charge in [-0.1, -0.05) is 32.0 Å². The molecule has 0 bridgehead atoms. The minimum atomic E-state index is -0.308. The van der Waals surface area contributed by atoms with Gasteiger partial charge in [0.1, 0.15) is 18.7 Å². The van der Waals surface area contributed by atoms with Crippen molar-refractivity contribution in [1.82, 2.24) is 19.7 Å². The van der Waals surface area contributed by atoms with Gasteiger partial charge in [-0.05, 0) is 36.0 Å². The van der Waals surface area contributed by atoms with E-state index in [2.05, 4.69) is 42.1 Å². The Balaban J connectivity index is 1.80. The Hall–Kier alpha value is -2.17. The molecule has 2 aromatic rings. The van der Waals surface area contributed by atoms with Crippen LogP contribution >= 0.6 is 0 Å². The van der Waals surface area contributed by atoms with Crippen molar-refractivity contribution in [3.8, 4) is 0 Å². The Labute approximate surface area is 131 Å². The summed E-state index contributed by atoms with van der Waals surface area (Å²) in [4.78, 5) is 18.5. The maximum absolute atomic E-state index is 12.7. The Kier molecular flexibility index (Phi) is 3.96. The van der Waals surface area contributed by atoms with Crippen LogP contribution in [0.15, 0.2) is 30.9 Å². The molecular formula is C17H22N4O. The summed E-state index contributed by atoms with van der Waals surface area (Å²) < 4.78 is 1.61. The van der Waals surface area contributed by atoms with Gasteiger partial charge in [-0.15, -0.1) is 0 Å². The van der Waals surface area contributed by atoms with E-state index in [1.54, 1.807) is 11.0 Å². The first kappa shape index (κ1) is 14.8. The van der Waals surface area contributed by atoms with Crippen LogP contribution in [0.5, 0.6) is 0 Å². The largest absolute Gasteiger partial charge is 0.336 e. The zero-order valence-corrected chi connectivity index (χ0v) is 13.4. The summed E-state index contributed by atoms with van der Waals surface area (Å²) in [5.74, 6) is 0.623. The van der Waals surface area contributed by atoms with E-state index in [0.29, 0.717) is 12.5 Å². The number of carbonyl (C=O) groups excluding carboxylic acids is 1. The first-order valence-electron chi connectivity index (χ1n) is 7.81. The monoisotopic (exact) mass is 298 g/mol. The average molecular weight is 298 g/mol. The van der Waals surface area contributed by atoms with Gasteiger partial charge in [0.15, 0.2) is 0 Å². The highest BCUT2D eigenvalue weighted by Crippen LogP contribution is 2.28. The molecule has 3 rings (SSSR count). The van der Waals surface area contributed by atoms with E-state index in [4.69, 9.17) is 0 Å². The maximum atomic E-state index is 12.7. The summed E-state index contributed by atoms with van der Waals surface area (Å²) in [6.45, 7) is 7.78. The van der Waals surface area contributed by atoms with E-state index in [1.807, 2.05) is 11.8 Å². The smallest absolute Gasteiger partial charge is 0.247 e. The van der Waals surface area contributed by atoms with Gasteiger partial charge in [-0.25, -0.2) is 9.67 Å². The van der Waals surface area contributed by atoms with Gasteiger partial charge in [0.2, 0.25) is 5.91 Å². The summed E-state index contributed by atoms with van der Waals surface area (Å²) in [5, 5.41) is 4.07. The number of nitrogens with zero attached hydrogens (tertiary/aromatic N) is 4. The average Bonchev–Trinajstić information content (AvgIpc) is 3.06. The minimum Gasteiger partial charge on any atom is -0.336 e. The van der Waals surface area contributed by atoms with Gasteiger partial charge in [0.25, 0.3) is 0 Å². The number of hydrogen-bond acceptors (Lipinski definition) is 3. The van der Waals surface area contributed by atoms with Crippen LogP contribution in [-0.2, 0) is 17.8 Å². The second-order valence-electron chi connectivity index (χ2n) is 6.20. The molecule has 0 saturated heterocycles.